The molecule has 1 amide bonds. The average molecular weight is 368 g/mol. The fourth-order valence-corrected chi connectivity index (χ4v) is 3.07. The number of ether oxygens (including phenoxy) is 2. The second-order valence-electron chi connectivity index (χ2n) is 6.45. The average Bonchev–Trinajstić information content (AvgIpc) is 2.70. The van der Waals surface area contributed by atoms with E-state index in [0.29, 0.717) is 30.2 Å². The van der Waals surface area contributed by atoms with Crippen LogP contribution in [-0.4, -0.2) is 31.6 Å². The first-order valence-corrected chi connectivity index (χ1v) is 9.18. The second kappa shape index (κ2) is 8.58. The summed E-state index contributed by atoms with van der Waals surface area (Å²) in [5, 5.41) is 0. The molecule has 6 heteroatoms. The van der Waals surface area contributed by atoms with Gasteiger partial charge in [-0.15, -0.1) is 0 Å². The number of carbonyl (C=O) groups excluding carboxylic acids is 2. The van der Waals surface area contributed by atoms with Crippen molar-refractivity contribution >= 4 is 23.3 Å². The van der Waals surface area contributed by atoms with Crippen LogP contribution in [0, 0.1) is 0 Å². The number of nitrogens with two attached hydrogens (primary N) is 1. The molecule has 0 spiro atoms. The fraction of sp³-hybridized carbons (Fsp3) is 0.333. The van der Waals surface area contributed by atoms with Gasteiger partial charge in [-0.1, -0.05) is 25.1 Å². The molecule has 1 aliphatic heterocycles. The Kier molecular flexibility index (Phi) is 5.96. The Morgan fingerprint density at radius 3 is 2.81 bits per heavy atom. The number of rotatable bonds is 6. The number of hydrogen-bond donors (Lipinski definition) is 1. The van der Waals surface area contributed by atoms with Crippen molar-refractivity contribution in [3.8, 4) is 5.75 Å². The van der Waals surface area contributed by atoms with Gasteiger partial charge in [0.15, 0.2) is 6.61 Å². The Labute approximate surface area is 158 Å². The lowest BCUT2D eigenvalue weighted by Gasteiger charge is -2.29. The third-order valence-electron chi connectivity index (χ3n) is 4.45. The molecule has 0 saturated carbocycles. The Balaban J connectivity index is 1.68. The quantitative estimate of drug-likeness (QED) is 0.625. The lowest BCUT2D eigenvalue weighted by Crippen LogP contribution is -2.38. The third kappa shape index (κ3) is 4.39. The molecule has 2 aromatic rings. The first kappa shape index (κ1) is 18.8. The molecule has 0 fully saturated rings. The van der Waals surface area contributed by atoms with E-state index in [4.69, 9.17) is 15.2 Å². The molecule has 0 atom stereocenters. The molecular weight excluding hydrogens is 344 g/mol. The van der Waals surface area contributed by atoms with Gasteiger partial charge in [0.1, 0.15) is 5.75 Å². The lowest BCUT2D eigenvalue weighted by molar-refractivity contribution is -0.120. The second-order valence-corrected chi connectivity index (χ2v) is 6.45. The number of para-hydroxylation sites is 1. The minimum Gasteiger partial charge on any atom is -0.482 e. The molecule has 2 N–H and O–H groups in total. The summed E-state index contributed by atoms with van der Waals surface area (Å²) in [6.07, 6.45) is 2.63. The van der Waals surface area contributed by atoms with Gasteiger partial charge in [-0.25, -0.2) is 4.79 Å². The summed E-state index contributed by atoms with van der Waals surface area (Å²) < 4.78 is 10.8. The SMILES string of the molecule is CCCOC(=O)c1ccc(N)c(OCC(=O)N2CCCc3ccccc32)c1. The van der Waals surface area contributed by atoms with Crippen LogP contribution in [0.25, 0.3) is 0 Å². The van der Waals surface area contributed by atoms with E-state index >= 15 is 0 Å². The van der Waals surface area contributed by atoms with Crippen molar-refractivity contribution < 1.29 is 19.1 Å². The van der Waals surface area contributed by atoms with Crippen LogP contribution in [0.3, 0.4) is 0 Å². The largest absolute Gasteiger partial charge is 0.482 e. The number of nitrogen functional groups attached to an aromatic ring is 1. The summed E-state index contributed by atoms with van der Waals surface area (Å²) in [5.41, 5.74) is 8.75. The minimum absolute atomic E-state index is 0.138. The van der Waals surface area contributed by atoms with E-state index in [0.717, 1.165) is 30.5 Å². The molecule has 6 nitrogen and oxygen atoms in total. The third-order valence-corrected chi connectivity index (χ3v) is 4.45. The highest BCUT2D eigenvalue weighted by atomic mass is 16.5. The molecule has 2 aromatic carbocycles. The van der Waals surface area contributed by atoms with Crippen LogP contribution in [0.15, 0.2) is 42.5 Å². The summed E-state index contributed by atoms with van der Waals surface area (Å²) in [6.45, 7) is 2.80. The highest BCUT2D eigenvalue weighted by Gasteiger charge is 2.22. The van der Waals surface area contributed by atoms with Crippen LogP contribution < -0.4 is 15.4 Å². The Hall–Kier alpha value is -3.02. The van der Waals surface area contributed by atoms with Crippen LogP contribution in [0.4, 0.5) is 11.4 Å². The first-order valence-electron chi connectivity index (χ1n) is 9.18. The Bertz CT molecular complexity index is 835. The van der Waals surface area contributed by atoms with Crippen molar-refractivity contribution in [1.82, 2.24) is 0 Å². The lowest BCUT2D eigenvalue weighted by atomic mass is 10.0. The predicted molar refractivity (Wildman–Crippen MR) is 104 cm³/mol. The molecule has 1 heterocycles. The van der Waals surface area contributed by atoms with Crippen molar-refractivity contribution in [3.63, 3.8) is 0 Å². The summed E-state index contributed by atoms with van der Waals surface area (Å²) >= 11 is 0. The van der Waals surface area contributed by atoms with E-state index in [1.165, 1.54) is 6.07 Å². The van der Waals surface area contributed by atoms with E-state index < -0.39 is 5.97 Å². The molecule has 0 bridgehead atoms. The van der Waals surface area contributed by atoms with Crippen LogP contribution in [0.2, 0.25) is 0 Å². The molecule has 0 unspecified atom stereocenters. The number of carbonyl (C=O) groups is 2. The molecule has 0 aromatic heterocycles. The number of aryl methyl sites for hydroxylation is 1. The summed E-state index contributed by atoms with van der Waals surface area (Å²) in [4.78, 5) is 26.4. The molecule has 1 aliphatic rings. The van der Waals surface area contributed by atoms with Crippen LogP contribution in [0.1, 0.15) is 35.7 Å². The van der Waals surface area contributed by atoms with Gasteiger partial charge in [0.05, 0.1) is 17.9 Å². The van der Waals surface area contributed by atoms with Gasteiger partial charge in [-0.2, -0.15) is 0 Å². The van der Waals surface area contributed by atoms with Crippen molar-refractivity contribution in [3.05, 3.63) is 53.6 Å². The topological polar surface area (TPSA) is 81.9 Å². The monoisotopic (exact) mass is 368 g/mol. The summed E-state index contributed by atoms with van der Waals surface area (Å²) in [6, 6.07) is 12.6. The van der Waals surface area contributed by atoms with Gasteiger partial charge in [0.25, 0.3) is 5.91 Å². The number of esters is 1. The van der Waals surface area contributed by atoms with Crippen LogP contribution in [-0.2, 0) is 16.0 Å². The van der Waals surface area contributed by atoms with Gasteiger partial charge in [-0.3, -0.25) is 4.79 Å². The highest BCUT2D eigenvalue weighted by Crippen LogP contribution is 2.27. The zero-order valence-electron chi connectivity index (χ0n) is 15.4. The zero-order valence-corrected chi connectivity index (χ0v) is 15.4. The number of anilines is 2. The maximum absolute atomic E-state index is 12.7. The predicted octanol–water partition coefficient (Wildman–Crippen LogP) is 3.19. The maximum atomic E-state index is 12.7. The van der Waals surface area contributed by atoms with E-state index in [9.17, 15) is 9.59 Å². The van der Waals surface area contributed by atoms with Gasteiger partial charge in [0.2, 0.25) is 0 Å². The van der Waals surface area contributed by atoms with Gasteiger partial charge < -0.3 is 20.1 Å². The van der Waals surface area contributed by atoms with Crippen LogP contribution >= 0.6 is 0 Å². The number of fused-ring (bicyclic) bond motifs is 1. The molecule has 0 radical (unpaired) electrons. The number of amides is 1. The van der Waals surface area contributed by atoms with E-state index in [-0.39, 0.29) is 12.5 Å². The normalized spacial score (nSPS) is 13.0. The molecule has 27 heavy (non-hydrogen) atoms. The van der Waals surface area contributed by atoms with Crippen molar-refractivity contribution in [1.29, 1.82) is 0 Å². The van der Waals surface area contributed by atoms with Crippen molar-refractivity contribution in [2.24, 2.45) is 0 Å². The first-order chi connectivity index (χ1) is 13.1. The van der Waals surface area contributed by atoms with Gasteiger partial charge in [-0.05, 0) is 49.1 Å². The van der Waals surface area contributed by atoms with Crippen molar-refractivity contribution in [2.45, 2.75) is 26.2 Å². The van der Waals surface area contributed by atoms with E-state index in [1.54, 1.807) is 17.0 Å². The van der Waals surface area contributed by atoms with Crippen molar-refractivity contribution in [2.75, 3.05) is 30.4 Å². The minimum atomic E-state index is -0.432. The Morgan fingerprint density at radius 1 is 1.19 bits per heavy atom. The molecule has 0 aliphatic carbocycles. The van der Waals surface area contributed by atoms with Gasteiger partial charge >= 0.3 is 5.97 Å². The molecule has 0 saturated heterocycles. The molecule has 142 valence electrons. The summed E-state index contributed by atoms with van der Waals surface area (Å²) in [5.74, 6) is -0.266. The molecular formula is C21H24N2O4. The number of nitrogens with zero attached hydrogens (tertiary/aromatic N) is 1. The van der Waals surface area contributed by atoms with E-state index in [2.05, 4.69) is 0 Å². The van der Waals surface area contributed by atoms with Crippen LogP contribution in [0.5, 0.6) is 5.75 Å². The number of hydrogen-bond acceptors (Lipinski definition) is 5. The smallest absolute Gasteiger partial charge is 0.338 e. The van der Waals surface area contributed by atoms with E-state index in [1.807, 2.05) is 31.2 Å². The zero-order chi connectivity index (χ0) is 19.2. The fourth-order valence-electron chi connectivity index (χ4n) is 3.07. The maximum Gasteiger partial charge on any atom is 0.338 e. The summed E-state index contributed by atoms with van der Waals surface area (Å²) in [7, 11) is 0. The highest BCUT2D eigenvalue weighted by molar-refractivity contribution is 5.96. The Morgan fingerprint density at radius 2 is 2.00 bits per heavy atom. The standard InChI is InChI=1S/C21H24N2O4/c1-2-12-26-21(25)16-9-10-17(22)19(13-16)27-14-20(24)23-11-5-7-15-6-3-4-8-18(15)23/h3-4,6,8-10,13H,2,5,7,11-12,14,22H2,1H3. The van der Waals surface area contributed by atoms with Gasteiger partial charge in [0, 0.05) is 12.2 Å². The molecule has 3 rings (SSSR count). The number of benzene rings is 2.